The topological polar surface area (TPSA) is 55.1 Å². The first-order valence-electron chi connectivity index (χ1n) is 6.80. The Morgan fingerprint density at radius 3 is 2.18 bits per heavy atom. The van der Waals surface area contributed by atoms with E-state index in [-0.39, 0.29) is 5.57 Å². The van der Waals surface area contributed by atoms with Gasteiger partial charge in [0.1, 0.15) is 5.69 Å². The number of hydrogen-bond acceptors (Lipinski definition) is 2. The maximum atomic E-state index is 11.3. The summed E-state index contributed by atoms with van der Waals surface area (Å²) in [5.41, 5.74) is 2.87. The minimum atomic E-state index is -1.05. The molecule has 0 bridgehead atoms. The van der Waals surface area contributed by atoms with Crippen LogP contribution in [0.25, 0.3) is 22.5 Å². The van der Waals surface area contributed by atoms with E-state index < -0.39 is 5.97 Å². The lowest BCUT2D eigenvalue weighted by atomic mass is 10.0. The zero-order valence-electron chi connectivity index (χ0n) is 11.8. The van der Waals surface area contributed by atoms with Gasteiger partial charge in [-0.2, -0.15) is 5.10 Å². The van der Waals surface area contributed by atoms with Crippen molar-refractivity contribution in [2.75, 3.05) is 0 Å². The molecule has 3 rings (SSSR count). The molecule has 108 valence electrons. The highest BCUT2D eigenvalue weighted by atomic mass is 16.4. The van der Waals surface area contributed by atoms with Gasteiger partial charge >= 0.3 is 5.97 Å². The number of aliphatic carboxylic acids is 1. The van der Waals surface area contributed by atoms with Crippen LogP contribution in [0.15, 0.2) is 73.4 Å². The van der Waals surface area contributed by atoms with Gasteiger partial charge in [0.2, 0.25) is 0 Å². The van der Waals surface area contributed by atoms with Crippen LogP contribution in [-0.4, -0.2) is 20.9 Å². The lowest BCUT2D eigenvalue weighted by Crippen LogP contribution is -1.98. The van der Waals surface area contributed by atoms with Gasteiger partial charge in [-0.25, -0.2) is 9.48 Å². The van der Waals surface area contributed by atoms with E-state index in [4.69, 9.17) is 0 Å². The van der Waals surface area contributed by atoms with Crippen molar-refractivity contribution in [1.29, 1.82) is 0 Å². The molecule has 0 amide bonds. The summed E-state index contributed by atoms with van der Waals surface area (Å²) in [5.74, 6) is -1.05. The summed E-state index contributed by atoms with van der Waals surface area (Å²) in [5, 5.41) is 13.8. The second kappa shape index (κ2) is 5.69. The number of carboxylic acids is 1. The first-order chi connectivity index (χ1) is 10.7. The fraction of sp³-hybridized carbons (Fsp3) is 0. The Morgan fingerprint density at radius 2 is 1.59 bits per heavy atom. The van der Waals surface area contributed by atoms with E-state index in [1.807, 2.05) is 60.7 Å². The monoisotopic (exact) mass is 290 g/mol. The summed E-state index contributed by atoms with van der Waals surface area (Å²) in [6.07, 6.45) is 1.70. The molecule has 2 aromatic carbocycles. The van der Waals surface area contributed by atoms with E-state index in [0.717, 1.165) is 11.3 Å². The largest absolute Gasteiger partial charge is 0.478 e. The van der Waals surface area contributed by atoms with Crippen molar-refractivity contribution < 1.29 is 9.90 Å². The number of rotatable bonds is 4. The number of aromatic nitrogens is 2. The molecule has 0 atom stereocenters. The Bertz CT molecular complexity index is 821. The van der Waals surface area contributed by atoms with E-state index in [1.165, 1.54) is 0 Å². The highest BCUT2D eigenvalue weighted by molar-refractivity contribution is 6.16. The van der Waals surface area contributed by atoms with Crippen molar-refractivity contribution in [3.8, 4) is 16.9 Å². The predicted octanol–water partition coefficient (Wildman–Crippen LogP) is 3.64. The number of hydrogen-bond donors (Lipinski definition) is 1. The maximum absolute atomic E-state index is 11.3. The molecule has 0 unspecified atom stereocenters. The van der Waals surface area contributed by atoms with Gasteiger partial charge in [0.15, 0.2) is 0 Å². The van der Waals surface area contributed by atoms with Gasteiger partial charge in [0, 0.05) is 17.3 Å². The van der Waals surface area contributed by atoms with Crippen molar-refractivity contribution in [1.82, 2.24) is 9.78 Å². The number of para-hydroxylation sites is 1. The molecular weight excluding hydrogens is 276 g/mol. The van der Waals surface area contributed by atoms with Gasteiger partial charge in [-0.1, -0.05) is 55.1 Å². The summed E-state index contributed by atoms with van der Waals surface area (Å²) in [4.78, 5) is 11.3. The molecule has 4 nitrogen and oxygen atoms in total. The quantitative estimate of drug-likeness (QED) is 0.746. The summed E-state index contributed by atoms with van der Waals surface area (Å²) >= 11 is 0. The number of benzene rings is 2. The molecule has 0 fully saturated rings. The van der Waals surface area contributed by atoms with Crippen molar-refractivity contribution >= 4 is 11.5 Å². The van der Waals surface area contributed by atoms with Gasteiger partial charge in [0.25, 0.3) is 0 Å². The predicted molar refractivity (Wildman–Crippen MR) is 85.7 cm³/mol. The Morgan fingerprint density at radius 1 is 1.00 bits per heavy atom. The van der Waals surface area contributed by atoms with Crippen LogP contribution in [0.5, 0.6) is 0 Å². The molecule has 3 aromatic rings. The normalized spacial score (nSPS) is 10.4. The van der Waals surface area contributed by atoms with E-state index in [0.29, 0.717) is 11.3 Å². The standard InChI is InChI=1S/C18H14N2O2/c1-13(18(21)22)16-12-20(15-10-6-3-7-11-15)19-17(16)14-8-4-2-5-9-14/h2-12H,1H2,(H,21,22). The molecule has 0 aliphatic carbocycles. The minimum absolute atomic E-state index is 0.0287. The SMILES string of the molecule is C=C(C(=O)O)c1cn(-c2ccccc2)nc1-c1ccccc1. The van der Waals surface area contributed by atoms with Crippen molar-refractivity contribution in [3.05, 3.63) is 79.0 Å². The van der Waals surface area contributed by atoms with Crippen LogP contribution < -0.4 is 0 Å². The van der Waals surface area contributed by atoms with Crippen LogP contribution in [0, 0.1) is 0 Å². The lowest BCUT2D eigenvalue weighted by molar-refractivity contribution is -0.130. The van der Waals surface area contributed by atoms with Crippen molar-refractivity contribution in [2.45, 2.75) is 0 Å². The summed E-state index contributed by atoms with van der Waals surface area (Å²) in [6.45, 7) is 3.66. The zero-order valence-corrected chi connectivity index (χ0v) is 11.8. The minimum Gasteiger partial charge on any atom is -0.478 e. The average Bonchev–Trinajstić information content (AvgIpc) is 3.01. The van der Waals surface area contributed by atoms with E-state index in [2.05, 4.69) is 11.7 Å². The molecular formula is C18H14N2O2. The summed E-state index contributed by atoms with van der Waals surface area (Å²) in [6, 6.07) is 19.0. The second-order valence-electron chi connectivity index (χ2n) is 4.82. The third-order valence-electron chi connectivity index (χ3n) is 3.37. The third-order valence-corrected chi connectivity index (χ3v) is 3.37. The molecule has 4 heteroatoms. The Hall–Kier alpha value is -3.14. The van der Waals surface area contributed by atoms with Crippen molar-refractivity contribution in [3.63, 3.8) is 0 Å². The first kappa shape index (κ1) is 13.8. The molecule has 0 aliphatic heterocycles. The van der Waals surface area contributed by atoms with E-state index in [1.54, 1.807) is 10.9 Å². The maximum Gasteiger partial charge on any atom is 0.335 e. The molecule has 0 spiro atoms. The molecule has 1 N–H and O–H groups in total. The smallest absolute Gasteiger partial charge is 0.335 e. The Balaban J connectivity index is 2.17. The lowest BCUT2D eigenvalue weighted by Gasteiger charge is -2.01. The highest BCUT2D eigenvalue weighted by Crippen LogP contribution is 2.28. The second-order valence-corrected chi connectivity index (χ2v) is 4.82. The summed E-state index contributed by atoms with van der Waals surface area (Å²) in [7, 11) is 0. The van der Waals surface area contributed by atoms with Crippen LogP contribution in [0.3, 0.4) is 0 Å². The highest BCUT2D eigenvalue weighted by Gasteiger charge is 2.18. The molecule has 0 saturated carbocycles. The first-order valence-corrected chi connectivity index (χ1v) is 6.80. The van der Waals surface area contributed by atoms with Crippen LogP contribution in [0.2, 0.25) is 0 Å². The van der Waals surface area contributed by atoms with E-state index in [9.17, 15) is 9.90 Å². The van der Waals surface area contributed by atoms with Crippen LogP contribution in [0.4, 0.5) is 0 Å². The fourth-order valence-electron chi connectivity index (χ4n) is 2.23. The van der Waals surface area contributed by atoms with E-state index >= 15 is 0 Å². The van der Waals surface area contributed by atoms with Crippen LogP contribution in [0.1, 0.15) is 5.56 Å². The zero-order chi connectivity index (χ0) is 15.5. The third kappa shape index (κ3) is 2.54. The molecule has 0 radical (unpaired) electrons. The molecule has 0 saturated heterocycles. The van der Waals surface area contributed by atoms with Gasteiger partial charge in [-0.05, 0) is 12.1 Å². The van der Waals surface area contributed by atoms with Crippen LogP contribution >= 0.6 is 0 Å². The Kier molecular flexibility index (Phi) is 3.58. The molecule has 1 aromatic heterocycles. The molecule has 1 heterocycles. The molecule has 22 heavy (non-hydrogen) atoms. The van der Waals surface area contributed by atoms with Crippen molar-refractivity contribution in [2.24, 2.45) is 0 Å². The van der Waals surface area contributed by atoms with Gasteiger partial charge < -0.3 is 5.11 Å². The molecule has 0 aliphatic rings. The number of carboxylic acid groups (broad SMARTS) is 1. The number of nitrogens with zero attached hydrogens (tertiary/aromatic N) is 2. The summed E-state index contributed by atoms with van der Waals surface area (Å²) < 4.78 is 1.67. The fourth-order valence-corrected chi connectivity index (χ4v) is 2.23. The van der Waals surface area contributed by atoms with Gasteiger partial charge in [-0.15, -0.1) is 0 Å². The van der Waals surface area contributed by atoms with Crippen LogP contribution in [-0.2, 0) is 4.79 Å². The van der Waals surface area contributed by atoms with Gasteiger partial charge in [0.05, 0.1) is 11.3 Å². The van der Waals surface area contributed by atoms with Gasteiger partial charge in [-0.3, -0.25) is 0 Å². The number of carbonyl (C=O) groups is 1. The average molecular weight is 290 g/mol. The Labute approximate surface area is 128 Å².